The van der Waals surface area contributed by atoms with Gasteiger partial charge in [-0.1, -0.05) is 32.9 Å². The number of hydrogen-bond donors (Lipinski definition) is 2. The van der Waals surface area contributed by atoms with E-state index in [0.29, 0.717) is 12.1 Å². The van der Waals surface area contributed by atoms with Crippen LogP contribution in [0.2, 0.25) is 0 Å². The summed E-state index contributed by atoms with van der Waals surface area (Å²) in [5, 5.41) is 5.28. The van der Waals surface area contributed by atoms with Crippen LogP contribution in [0, 0.1) is 0 Å². The summed E-state index contributed by atoms with van der Waals surface area (Å²) in [6, 6.07) is 7.11. The summed E-state index contributed by atoms with van der Waals surface area (Å²) >= 11 is 0. The third-order valence-corrected chi connectivity index (χ3v) is 5.72. The fourth-order valence-corrected chi connectivity index (χ4v) is 4.27. The minimum Gasteiger partial charge on any atom is -0.352 e. The quantitative estimate of drug-likeness (QED) is 0.805. The van der Waals surface area contributed by atoms with E-state index in [-0.39, 0.29) is 29.4 Å². The number of hydrogen-bond acceptors (Lipinski definition) is 4. The highest BCUT2D eigenvalue weighted by molar-refractivity contribution is 7.91. The second kappa shape index (κ2) is 6.93. The number of carbonyl (C=O) groups excluding carboxylic acids is 2. The normalized spacial score (nSPS) is 19.7. The van der Waals surface area contributed by atoms with Crippen molar-refractivity contribution in [2.75, 3.05) is 16.8 Å². The molecule has 0 aromatic heterocycles. The molecule has 1 fully saturated rings. The van der Waals surface area contributed by atoms with E-state index in [1.165, 1.54) is 0 Å². The zero-order valence-electron chi connectivity index (χ0n) is 14.3. The highest BCUT2D eigenvalue weighted by Crippen LogP contribution is 2.23. The summed E-state index contributed by atoms with van der Waals surface area (Å²) in [4.78, 5) is 23.7. The maximum atomic E-state index is 11.9. The molecule has 1 atom stereocenters. The van der Waals surface area contributed by atoms with E-state index in [0.717, 1.165) is 5.56 Å². The summed E-state index contributed by atoms with van der Waals surface area (Å²) < 4.78 is 22.7. The molecule has 2 amide bonds. The lowest BCUT2D eigenvalue weighted by Crippen LogP contribution is -2.37. The van der Waals surface area contributed by atoms with E-state index in [4.69, 9.17) is 0 Å². The van der Waals surface area contributed by atoms with Crippen LogP contribution in [0.25, 0.3) is 0 Å². The topological polar surface area (TPSA) is 92.3 Å². The van der Waals surface area contributed by atoms with Gasteiger partial charge in [-0.25, -0.2) is 8.42 Å². The van der Waals surface area contributed by atoms with Gasteiger partial charge >= 0.3 is 0 Å². The fraction of sp³-hybridized carbons (Fsp3) is 0.529. The van der Waals surface area contributed by atoms with Gasteiger partial charge in [0.25, 0.3) is 0 Å². The van der Waals surface area contributed by atoms with Crippen molar-refractivity contribution in [1.29, 1.82) is 0 Å². The van der Waals surface area contributed by atoms with E-state index in [1.54, 1.807) is 12.1 Å². The number of rotatable bonds is 4. The summed E-state index contributed by atoms with van der Waals surface area (Å²) in [6.45, 7) is 6.32. The lowest BCUT2D eigenvalue weighted by atomic mass is 9.87. The average molecular weight is 352 g/mol. The van der Waals surface area contributed by atoms with Crippen LogP contribution in [-0.2, 0) is 24.8 Å². The summed E-state index contributed by atoms with van der Waals surface area (Å²) in [7, 11) is -3.05. The minimum absolute atomic E-state index is 0.0318. The van der Waals surface area contributed by atoms with Crippen molar-refractivity contribution in [2.24, 2.45) is 0 Å². The standard InChI is InChI=1S/C17H24N2O4S/c1-17(2,3)12-4-6-13(7-5-12)18-15(20)10-16(21)19-14-8-9-24(22,23)11-14/h4-7,14H,8-11H2,1-3H3,(H,18,20)(H,19,21). The van der Waals surface area contributed by atoms with Crippen molar-refractivity contribution in [3.63, 3.8) is 0 Å². The van der Waals surface area contributed by atoms with Crippen LogP contribution in [0.3, 0.4) is 0 Å². The van der Waals surface area contributed by atoms with Gasteiger partial charge in [0.05, 0.1) is 11.5 Å². The highest BCUT2D eigenvalue weighted by atomic mass is 32.2. The Morgan fingerprint density at radius 2 is 1.75 bits per heavy atom. The predicted molar refractivity (Wildman–Crippen MR) is 93.6 cm³/mol. The van der Waals surface area contributed by atoms with E-state index in [1.807, 2.05) is 12.1 Å². The fourth-order valence-electron chi connectivity index (χ4n) is 2.59. The lowest BCUT2D eigenvalue weighted by Gasteiger charge is -2.19. The molecule has 24 heavy (non-hydrogen) atoms. The second-order valence-electron chi connectivity index (χ2n) is 7.22. The first-order chi connectivity index (χ1) is 11.0. The first kappa shape index (κ1) is 18.4. The molecule has 6 nitrogen and oxygen atoms in total. The van der Waals surface area contributed by atoms with E-state index in [9.17, 15) is 18.0 Å². The van der Waals surface area contributed by atoms with Gasteiger partial charge in [-0.3, -0.25) is 9.59 Å². The molecule has 1 saturated heterocycles. The molecule has 1 aliphatic heterocycles. The molecule has 1 unspecified atom stereocenters. The van der Waals surface area contributed by atoms with Gasteiger partial charge in [-0.15, -0.1) is 0 Å². The molecule has 0 aliphatic carbocycles. The van der Waals surface area contributed by atoms with Crippen LogP contribution in [0.4, 0.5) is 5.69 Å². The van der Waals surface area contributed by atoms with Gasteiger partial charge in [0.1, 0.15) is 6.42 Å². The molecule has 0 bridgehead atoms. The maximum Gasteiger partial charge on any atom is 0.233 e. The van der Waals surface area contributed by atoms with Gasteiger partial charge in [-0.2, -0.15) is 0 Å². The number of anilines is 1. The third-order valence-electron chi connectivity index (χ3n) is 3.95. The Hall–Kier alpha value is -1.89. The van der Waals surface area contributed by atoms with Crippen LogP contribution in [0.5, 0.6) is 0 Å². The molecule has 2 N–H and O–H groups in total. The van der Waals surface area contributed by atoms with Crippen molar-refractivity contribution in [1.82, 2.24) is 5.32 Å². The molecule has 1 heterocycles. The van der Waals surface area contributed by atoms with Gasteiger partial charge in [0.15, 0.2) is 9.84 Å². The Morgan fingerprint density at radius 3 is 2.25 bits per heavy atom. The number of amides is 2. The molecular weight excluding hydrogens is 328 g/mol. The molecule has 1 aromatic rings. The predicted octanol–water partition coefficient (Wildman–Crippen LogP) is 1.62. The number of sulfone groups is 1. The maximum absolute atomic E-state index is 11.9. The van der Waals surface area contributed by atoms with Gasteiger partial charge in [-0.05, 0) is 29.5 Å². The molecule has 7 heteroatoms. The van der Waals surface area contributed by atoms with Gasteiger partial charge < -0.3 is 10.6 Å². The van der Waals surface area contributed by atoms with Crippen molar-refractivity contribution < 1.29 is 18.0 Å². The van der Waals surface area contributed by atoms with Gasteiger partial charge in [0, 0.05) is 11.7 Å². The largest absolute Gasteiger partial charge is 0.352 e. The molecule has 0 radical (unpaired) electrons. The Kier molecular flexibility index (Phi) is 5.32. The molecule has 2 rings (SSSR count). The van der Waals surface area contributed by atoms with Gasteiger partial charge in [0.2, 0.25) is 11.8 Å². The van der Waals surface area contributed by atoms with Crippen LogP contribution in [0.15, 0.2) is 24.3 Å². The Bertz CT molecular complexity index is 718. The Balaban J connectivity index is 1.83. The number of carbonyl (C=O) groups is 2. The Morgan fingerprint density at radius 1 is 1.12 bits per heavy atom. The van der Waals surface area contributed by atoms with E-state index in [2.05, 4.69) is 31.4 Å². The molecular formula is C17H24N2O4S. The smallest absolute Gasteiger partial charge is 0.233 e. The van der Waals surface area contributed by atoms with Crippen molar-refractivity contribution in [3.8, 4) is 0 Å². The van der Waals surface area contributed by atoms with Crippen molar-refractivity contribution >= 4 is 27.3 Å². The molecule has 1 aromatic carbocycles. The zero-order valence-corrected chi connectivity index (χ0v) is 15.1. The van der Waals surface area contributed by atoms with Crippen LogP contribution < -0.4 is 10.6 Å². The molecule has 0 spiro atoms. The SMILES string of the molecule is CC(C)(C)c1ccc(NC(=O)CC(=O)NC2CCS(=O)(=O)C2)cc1. The van der Waals surface area contributed by atoms with E-state index < -0.39 is 21.7 Å². The minimum atomic E-state index is -3.05. The van der Waals surface area contributed by atoms with Crippen molar-refractivity contribution in [2.45, 2.75) is 45.1 Å². The van der Waals surface area contributed by atoms with Crippen LogP contribution in [0.1, 0.15) is 39.2 Å². The van der Waals surface area contributed by atoms with Crippen LogP contribution >= 0.6 is 0 Å². The molecule has 0 saturated carbocycles. The molecule has 132 valence electrons. The van der Waals surface area contributed by atoms with Crippen LogP contribution in [-0.4, -0.2) is 37.8 Å². The zero-order chi connectivity index (χ0) is 18.0. The monoisotopic (exact) mass is 352 g/mol. The second-order valence-corrected chi connectivity index (χ2v) is 9.45. The summed E-state index contributed by atoms with van der Waals surface area (Å²) in [5.74, 6) is -0.836. The lowest BCUT2D eigenvalue weighted by molar-refractivity contribution is -0.127. The van der Waals surface area contributed by atoms with E-state index >= 15 is 0 Å². The first-order valence-electron chi connectivity index (χ1n) is 7.95. The van der Waals surface area contributed by atoms with Crippen molar-refractivity contribution in [3.05, 3.63) is 29.8 Å². The highest BCUT2D eigenvalue weighted by Gasteiger charge is 2.29. The number of benzene rings is 1. The Labute approximate surface area is 142 Å². The average Bonchev–Trinajstić information content (AvgIpc) is 2.77. The summed E-state index contributed by atoms with van der Waals surface area (Å²) in [5.41, 5.74) is 1.81. The molecule has 1 aliphatic rings. The first-order valence-corrected chi connectivity index (χ1v) is 9.77. The number of nitrogens with one attached hydrogen (secondary N) is 2. The third kappa shape index (κ3) is 5.33. The summed E-state index contributed by atoms with van der Waals surface area (Å²) in [6.07, 6.45) is 0.0848.